The van der Waals surface area contributed by atoms with Crippen molar-refractivity contribution in [3.05, 3.63) is 40.5 Å². The number of amides is 1. The summed E-state index contributed by atoms with van der Waals surface area (Å²) in [6.45, 7) is 6.84. The van der Waals surface area contributed by atoms with Crippen LogP contribution in [0.2, 0.25) is 0 Å². The maximum atomic E-state index is 13.1. The molecule has 3 saturated heterocycles. The van der Waals surface area contributed by atoms with Crippen LogP contribution in [0.15, 0.2) is 16.8 Å². The van der Waals surface area contributed by atoms with E-state index in [1.807, 2.05) is 42.6 Å². The third kappa shape index (κ3) is 3.26. The number of aryl methyl sites for hydroxylation is 3. The number of carbonyl (C=O) groups excluding carboxylic acids is 1. The first-order valence-electron chi connectivity index (χ1n) is 9.46. The zero-order valence-electron chi connectivity index (χ0n) is 16.1. The highest BCUT2D eigenvalue weighted by Crippen LogP contribution is 2.32. The molecule has 3 aliphatic heterocycles. The Hall–Kier alpha value is -2.59. The first-order valence-corrected chi connectivity index (χ1v) is 9.46. The van der Waals surface area contributed by atoms with Gasteiger partial charge in [0.05, 0.1) is 18.2 Å². The van der Waals surface area contributed by atoms with Gasteiger partial charge in [-0.15, -0.1) is 0 Å². The molecule has 0 spiro atoms. The highest BCUT2D eigenvalue weighted by molar-refractivity contribution is 5.80. The van der Waals surface area contributed by atoms with Crippen molar-refractivity contribution in [1.82, 2.24) is 19.5 Å². The molecule has 7 nitrogen and oxygen atoms in total. The molecule has 0 aromatic carbocycles. The van der Waals surface area contributed by atoms with Crippen molar-refractivity contribution in [2.75, 3.05) is 13.1 Å². The Labute approximate surface area is 159 Å². The molecular formula is C20H25N5O2. The Bertz CT molecular complexity index is 887. The van der Waals surface area contributed by atoms with Crippen LogP contribution in [0, 0.1) is 31.1 Å². The second-order valence-corrected chi connectivity index (χ2v) is 7.85. The van der Waals surface area contributed by atoms with Gasteiger partial charge in [-0.1, -0.05) is 5.16 Å². The smallest absolute Gasteiger partial charge is 0.227 e. The summed E-state index contributed by atoms with van der Waals surface area (Å²) in [4.78, 5) is 17.5. The third-order valence-electron chi connectivity index (χ3n) is 5.96. The van der Waals surface area contributed by atoms with Crippen molar-refractivity contribution in [2.24, 2.45) is 13.0 Å². The second-order valence-electron chi connectivity index (χ2n) is 7.85. The van der Waals surface area contributed by atoms with Gasteiger partial charge in [0.15, 0.2) is 0 Å². The van der Waals surface area contributed by atoms with Crippen molar-refractivity contribution in [1.29, 1.82) is 5.26 Å². The first kappa shape index (κ1) is 17.8. The fourth-order valence-electron chi connectivity index (χ4n) is 4.45. The van der Waals surface area contributed by atoms with Gasteiger partial charge >= 0.3 is 0 Å². The molecule has 2 aromatic heterocycles. The van der Waals surface area contributed by atoms with Crippen LogP contribution in [0.3, 0.4) is 0 Å². The number of rotatable bonds is 4. The van der Waals surface area contributed by atoms with Crippen LogP contribution in [-0.2, 0) is 24.9 Å². The minimum atomic E-state index is 0.0448. The molecule has 0 aliphatic carbocycles. The fraction of sp³-hybridized carbons (Fsp3) is 0.550. The van der Waals surface area contributed by atoms with Gasteiger partial charge < -0.3 is 14.0 Å². The molecule has 0 saturated carbocycles. The van der Waals surface area contributed by atoms with Gasteiger partial charge in [0.1, 0.15) is 17.5 Å². The normalized spacial score (nSPS) is 22.9. The summed E-state index contributed by atoms with van der Waals surface area (Å²) in [5.41, 5.74) is 3.69. The van der Waals surface area contributed by atoms with Crippen molar-refractivity contribution < 1.29 is 9.32 Å². The monoisotopic (exact) mass is 367 g/mol. The summed E-state index contributed by atoms with van der Waals surface area (Å²) >= 11 is 0. The van der Waals surface area contributed by atoms with Crippen molar-refractivity contribution in [3.63, 3.8) is 0 Å². The quantitative estimate of drug-likeness (QED) is 0.827. The summed E-state index contributed by atoms with van der Waals surface area (Å²) in [5.74, 6) is 1.09. The molecule has 0 N–H and O–H groups in total. The molecule has 2 aromatic rings. The van der Waals surface area contributed by atoms with Crippen molar-refractivity contribution in [2.45, 2.75) is 45.8 Å². The van der Waals surface area contributed by atoms with E-state index in [2.05, 4.69) is 16.1 Å². The number of aromatic nitrogens is 2. The van der Waals surface area contributed by atoms with E-state index in [0.29, 0.717) is 12.2 Å². The minimum absolute atomic E-state index is 0.0448. The molecule has 5 rings (SSSR count). The largest absolute Gasteiger partial charge is 0.361 e. The average Bonchev–Trinajstić information content (AvgIpc) is 3.02. The van der Waals surface area contributed by atoms with E-state index in [-0.39, 0.29) is 17.9 Å². The average molecular weight is 367 g/mol. The molecule has 2 bridgehead atoms. The Morgan fingerprint density at radius 1 is 1.30 bits per heavy atom. The maximum absolute atomic E-state index is 13.1. The molecule has 5 heterocycles. The van der Waals surface area contributed by atoms with Gasteiger partial charge in [-0.3, -0.25) is 9.69 Å². The van der Waals surface area contributed by atoms with E-state index in [1.165, 1.54) is 0 Å². The Morgan fingerprint density at radius 2 is 2.11 bits per heavy atom. The number of hydrogen-bond donors (Lipinski definition) is 0. The van der Waals surface area contributed by atoms with E-state index >= 15 is 0 Å². The van der Waals surface area contributed by atoms with Crippen LogP contribution < -0.4 is 0 Å². The van der Waals surface area contributed by atoms with Gasteiger partial charge in [0.25, 0.3) is 0 Å². The van der Waals surface area contributed by atoms with Crippen LogP contribution in [0.4, 0.5) is 0 Å². The Morgan fingerprint density at radius 3 is 2.78 bits per heavy atom. The number of nitrogens with zero attached hydrogens (tertiary/aromatic N) is 5. The molecule has 142 valence electrons. The van der Waals surface area contributed by atoms with Gasteiger partial charge in [0, 0.05) is 44.5 Å². The van der Waals surface area contributed by atoms with Crippen LogP contribution in [-0.4, -0.2) is 44.6 Å². The summed E-state index contributed by atoms with van der Waals surface area (Å²) in [5, 5.41) is 13.2. The lowest BCUT2D eigenvalue weighted by molar-refractivity contribution is -0.140. The Balaban J connectivity index is 1.52. The second kappa shape index (κ2) is 6.86. The van der Waals surface area contributed by atoms with E-state index in [1.54, 1.807) is 0 Å². The molecule has 7 heteroatoms. The maximum Gasteiger partial charge on any atom is 0.227 e. The van der Waals surface area contributed by atoms with Crippen LogP contribution in [0.1, 0.15) is 41.1 Å². The predicted molar refractivity (Wildman–Crippen MR) is 98.4 cm³/mol. The number of carbonyl (C=O) groups is 1. The molecule has 2 atom stereocenters. The summed E-state index contributed by atoms with van der Waals surface area (Å²) < 4.78 is 7.14. The molecule has 27 heavy (non-hydrogen) atoms. The predicted octanol–water partition coefficient (Wildman–Crippen LogP) is 2.12. The first-order chi connectivity index (χ1) is 13.0. The molecule has 3 aliphatic rings. The minimum Gasteiger partial charge on any atom is -0.361 e. The van der Waals surface area contributed by atoms with Gasteiger partial charge in [-0.2, -0.15) is 5.26 Å². The zero-order chi connectivity index (χ0) is 19.1. The summed E-state index contributed by atoms with van der Waals surface area (Å²) in [6.07, 6.45) is 4.00. The topological polar surface area (TPSA) is 78.3 Å². The van der Waals surface area contributed by atoms with E-state index in [9.17, 15) is 4.79 Å². The number of piperidine rings is 1. The zero-order valence-corrected chi connectivity index (χ0v) is 16.1. The molecule has 3 fully saturated rings. The lowest BCUT2D eigenvalue weighted by Crippen LogP contribution is -2.47. The highest BCUT2D eigenvalue weighted by Gasteiger charge is 2.41. The Kier molecular flexibility index (Phi) is 4.52. The van der Waals surface area contributed by atoms with Crippen LogP contribution in [0.5, 0.6) is 0 Å². The van der Waals surface area contributed by atoms with E-state index in [0.717, 1.165) is 55.1 Å². The van der Waals surface area contributed by atoms with Gasteiger partial charge in [-0.05, 0) is 38.3 Å². The molecule has 0 unspecified atom stereocenters. The van der Waals surface area contributed by atoms with Crippen LogP contribution in [0.25, 0.3) is 0 Å². The highest BCUT2D eigenvalue weighted by atomic mass is 16.5. The van der Waals surface area contributed by atoms with Gasteiger partial charge in [-0.25, -0.2) is 0 Å². The summed E-state index contributed by atoms with van der Waals surface area (Å²) in [7, 11) is 1.89. The molecule has 0 radical (unpaired) electrons. The van der Waals surface area contributed by atoms with Gasteiger partial charge in [0.2, 0.25) is 5.91 Å². The number of fused-ring (bicyclic) bond motifs is 4. The standard InChI is InChI=1S/C20H25N5O2/c1-13-19(14(2)27-22-13)12-25-17-5-4-16(20(25)26)10-24(11-17)9-15-6-18(7-21)23(3)8-15/h6,8,16-17H,4-5,9-12H2,1-3H3/t16-,17+/m0/s1. The van der Waals surface area contributed by atoms with E-state index < -0.39 is 0 Å². The number of hydrogen-bond acceptors (Lipinski definition) is 5. The molecule has 1 amide bonds. The van der Waals surface area contributed by atoms with Crippen molar-refractivity contribution >= 4 is 5.91 Å². The fourth-order valence-corrected chi connectivity index (χ4v) is 4.45. The SMILES string of the molecule is Cc1noc(C)c1CN1C(=O)[C@H]2CC[C@@H]1CN(Cc1cc(C#N)n(C)c1)C2. The van der Waals surface area contributed by atoms with Crippen molar-refractivity contribution in [3.8, 4) is 6.07 Å². The summed E-state index contributed by atoms with van der Waals surface area (Å²) in [6, 6.07) is 4.36. The van der Waals surface area contributed by atoms with E-state index in [4.69, 9.17) is 9.78 Å². The third-order valence-corrected chi connectivity index (χ3v) is 5.96. The van der Waals surface area contributed by atoms with Crippen LogP contribution >= 0.6 is 0 Å². The lowest BCUT2D eigenvalue weighted by atomic mass is 9.93. The number of nitriles is 1. The molecular weight excluding hydrogens is 342 g/mol. The lowest BCUT2D eigenvalue weighted by Gasteiger charge is -2.36.